The number of nitrogen functional groups attached to an aromatic ring is 1. The monoisotopic (exact) mass is 338 g/mol. The summed E-state index contributed by atoms with van der Waals surface area (Å²) in [5.41, 5.74) is 4.37. The van der Waals surface area contributed by atoms with Crippen molar-refractivity contribution in [1.29, 1.82) is 0 Å². The lowest BCUT2D eigenvalue weighted by Gasteiger charge is -2.42. The minimum Gasteiger partial charge on any atom is -0.398 e. The first-order valence-corrected chi connectivity index (χ1v) is 7.34. The molecule has 0 aliphatic carbocycles. The summed E-state index contributed by atoms with van der Waals surface area (Å²) < 4.78 is 38.7. The molecule has 0 amide bonds. The average Bonchev–Trinajstić information content (AvgIpc) is 2.19. The Bertz CT molecular complexity index is 595. The van der Waals surface area contributed by atoms with Crippen LogP contribution in [0.25, 0.3) is 0 Å². The highest BCUT2D eigenvalue weighted by atomic mass is 79.9. The number of benzene rings is 1. The molecule has 1 aromatic rings. The third-order valence-corrected chi connectivity index (χ3v) is 5.16. The maximum Gasteiger partial charge on any atom is 0.245 e. The van der Waals surface area contributed by atoms with E-state index in [1.807, 2.05) is 0 Å². The molecule has 5 nitrogen and oxygen atoms in total. The van der Waals surface area contributed by atoms with E-state index in [4.69, 9.17) is 5.73 Å². The van der Waals surface area contributed by atoms with E-state index in [-0.39, 0.29) is 28.1 Å². The van der Waals surface area contributed by atoms with E-state index in [9.17, 15) is 17.9 Å². The van der Waals surface area contributed by atoms with Gasteiger partial charge in [0.05, 0.1) is 15.8 Å². The van der Waals surface area contributed by atoms with Gasteiger partial charge in [-0.25, -0.2) is 12.8 Å². The minimum absolute atomic E-state index is 0.00374. The van der Waals surface area contributed by atoms with E-state index >= 15 is 0 Å². The largest absolute Gasteiger partial charge is 0.398 e. The lowest BCUT2D eigenvalue weighted by atomic mass is 10.0. The van der Waals surface area contributed by atoms with Crippen LogP contribution in [-0.4, -0.2) is 36.5 Å². The number of β-amino-alcohol motifs (C(OH)–C–C–N with tert-alkyl or cyclic N) is 1. The number of anilines is 1. The Morgan fingerprint density at radius 1 is 1.50 bits per heavy atom. The molecule has 18 heavy (non-hydrogen) atoms. The number of rotatable bonds is 2. The smallest absolute Gasteiger partial charge is 0.245 e. The van der Waals surface area contributed by atoms with E-state index in [1.54, 1.807) is 6.92 Å². The normalized spacial score (nSPS) is 19.6. The SMILES string of the molecule is CC1(O)CN(S(=O)(=O)c2cc(Br)c(F)cc2N)C1. The van der Waals surface area contributed by atoms with Crippen molar-refractivity contribution < 1.29 is 17.9 Å². The molecule has 0 radical (unpaired) electrons. The van der Waals surface area contributed by atoms with Crippen LogP contribution in [0.4, 0.5) is 10.1 Å². The number of hydrogen-bond acceptors (Lipinski definition) is 4. The molecule has 0 aromatic heterocycles. The van der Waals surface area contributed by atoms with Crippen LogP contribution in [0.5, 0.6) is 0 Å². The molecular weight excluding hydrogens is 327 g/mol. The maximum atomic E-state index is 13.2. The quantitative estimate of drug-likeness (QED) is 0.785. The van der Waals surface area contributed by atoms with Crippen LogP contribution < -0.4 is 5.73 Å². The predicted molar refractivity (Wildman–Crippen MR) is 67.9 cm³/mol. The third-order valence-electron chi connectivity index (χ3n) is 2.70. The van der Waals surface area contributed by atoms with Gasteiger partial charge >= 0.3 is 0 Å². The number of aliphatic hydroxyl groups is 1. The molecule has 0 spiro atoms. The molecule has 100 valence electrons. The topological polar surface area (TPSA) is 83.6 Å². The molecule has 1 saturated heterocycles. The summed E-state index contributed by atoms with van der Waals surface area (Å²) in [5.74, 6) is -0.623. The first-order valence-electron chi connectivity index (χ1n) is 5.10. The zero-order chi connectivity index (χ0) is 13.7. The Hall–Kier alpha value is -0.700. The van der Waals surface area contributed by atoms with Gasteiger partial charge in [-0.3, -0.25) is 0 Å². The summed E-state index contributed by atoms with van der Waals surface area (Å²) >= 11 is 2.92. The second-order valence-corrected chi connectivity index (χ2v) is 7.33. The Morgan fingerprint density at radius 2 is 2.06 bits per heavy atom. The van der Waals surface area contributed by atoms with E-state index in [2.05, 4.69) is 15.9 Å². The van der Waals surface area contributed by atoms with Crippen molar-refractivity contribution in [3.8, 4) is 0 Å². The molecule has 3 N–H and O–H groups in total. The summed E-state index contributed by atoms with van der Waals surface area (Å²) in [7, 11) is -3.79. The van der Waals surface area contributed by atoms with Crippen molar-refractivity contribution in [3.63, 3.8) is 0 Å². The molecule has 1 aliphatic heterocycles. The first kappa shape index (κ1) is 13.7. The molecule has 1 aliphatic rings. The van der Waals surface area contributed by atoms with E-state index in [0.717, 1.165) is 16.4 Å². The van der Waals surface area contributed by atoms with E-state index < -0.39 is 21.4 Å². The lowest BCUT2D eigenvalue weighted by molar-refractivity contribution is -0.0426. The highest BCUT2D eigenvalue weighted by Crippen LogP contribution is 2.32. The van der Waals surface area contributed by atoms with Gasteiger partial charge in [0.25, 0.3) is 0 Å². The van der Waals surface area contributed by atoms with Crippen LogP contribution in [0.1, 0.15) is 6.92 Å². The molecule has 8 heteroatoms. The summed E-state index contributed by atoms with van der Waals surface area (Å²) in [4.78, 5) is -0.161. The fraction of sp³-hybridized carbons (Fsp3) is 0.400. The summed E-state index contributed by atoms with van der Waals surface area (Å²) in [5, 5.41) is 9.56. The van der Waals surface area contributed by atoms with Crippen LogP contribution in [0, 0.1) is 5.82 Å². The van der Waals surface area contributed by atoms with Gasteiger partial charge in [-0.15, -0.1) is 0 Å². The van der Waals surface area contributed by atoms with Crippen molar-refractivity contribution in [2.45, 2.75) is 17.4 Å². The molecule has 0 bridgehead atoms. The van der Waals surface area contributed by atoms with Crippen LogP contribution >= 0.6 is 15.9 Å². The van der Waals surface area contributed by atoms with Gasteiger partial charge in [0.1, 0.15) is 10.7 Å². The Kier molecular flexibility index (Phi) is 3.17. The zero-order valence-corrected chi connectivity index (χ0v) is 11.9. The Balaban J connectivity index is 2.40. The molecule has 0 unspecified atom stereocenters. The third kappa shape index (κ3) is 2.25. The summed E-state index contributed by atoms with van der Waals surface area (Å²) in [6.07, 6.45) is 0. The first-order chi connectivity index (χ1) is 8.13. The average molecular weight is 339 g/mol. The van der Waals surface area contributed by atoms with E-state index in [0.29, 0.717) is 0 Å². The number of nitrogens with zero attached hydrogens (tertiary/aromatic N) is 1. The maximum absolute atomic E-state index is 13.2. The molecule has 0 atom stereocenters. The van der Waals surface area contributed by atoms with Crippen molar-refractivity contribution in [2.75, 3.05) is 18.8 Å². The van der Waals surface area contributed by atoms with Crippen molar-refractivity contribution in [2.24, 2.45) is 0 Å². The molecule has 1 aromatic carbocycles. The van der Waals surface area contributed by atoms with E-state index in [1.165, 1.54) is 0 Å². The lowest BCUT2D eigenvalue weighted by Crippen LogP contribution is -2.61. The van der Waals surface area contributed by atoms with Crippen LogP contribution in [0.15, 0.2) is 21.5 Å². The number of sulfonamides is 1. The summed E-state index contributed by atoms with van der Waals surface area (Å²) in [6.45, 7) is 1.55. The highest BCUT2D eigenvalue weighted by molar-refractivity contribution is 9.10. The Morgan fingerprint density at radius 3 is 2.56 bits per heavy atom. The van der Waals surface area contributed by atoms with Gasteiger partial charge in [-0.2, -0.15) is 4.31 Å². The Labute approximate surface area is 113 Å². The summed E-state index contributed by atoms with van der Waals surface area (Å²) in [6, 6.07) is 2.09. The number of hydrogen-bond donors (Lipinski definition) is 2. The van der Waals surface area contributed by atoms with Crippen molar-refractivity contribution in [3.05, 3.63) is 22.4 Å². The van der Waals surface area contributed by atoms with Crippen LogP contribution in [0.3, 0.4) is 0 Å². The molecule has 1 heterocycles. The second kappa shape index (κ2) is 4.16. The fourth-order valence-electron chi connectivity index (χ4n) is 1.79. The standard InChI is InChI=1S/C10H12BrFN2O3S/c1-10(15)4-14(5-10)18(16,17)9-2-6(11)7(12)3-8(9)13/h2-3,15H,4-5,13H2,1H3. The van der Waals surface area contributed by atoms with Crippen LogP contribution in [0.2, 0.25) is 0 Å². The van der Waals surface area contributed by atoms with Crippen LogP contribution in [-0.2, 0) is 10.0 Å². The predicted octanol–water partition coefficient (Wildman–Crippen LogP) is 0.926. The van der Waals surface area contributed by atoms with Gasteiger partial charge in [0.2, 0.25) is 10.0 Å². The number of nitrogens with two attached hydrogens (primary N) is 1. The van der Waals surface area contributed by atoms with Gasteiger partial charge < -0.3 is 10.8 Å². The van der Waals surface area contributed by atoms with Gasteiger partial charge in [0.15, 0.2) is 0 Å². The fourth-order valence-corrected chi connectivity index (χ4v) is 4.08. The number of halogens is 2. The van der Waals surface area contributed by atoms with Crippen molar-refractivity contribution in [1.82, 2.24) is 4.31 Å². The molecular formula is C10H12BrFN2O3S. The zero-order valence-electron chi connectivity index (χ0n) is 9.52. The second-order valence-electron chi connectivity index (χ2n) is 4.57. The van der Waals surface area contributed by atoms with Gasteiger partial charge in [-0.05, 0) is 35.0 Å². The van der Waals surface area contributed by atoms with Gasteiger partial charge in [0, 0.05) is 13.1 Å². The molecule has 0 saturated carbocycles. The highest BCUT2D eigenvalue weighted by Gasteiger charge is 2.44. The minimum atomic E-state index is -3.79. The molecule has 2 rings (SSSR count). The van der Waals surface area contributed by atoms with Gasteiger partial charge in [-0.1, -0.05) is 0 Å². The molecule has 1 fully saturated rings. The van der Waals surface area contributed by atoms with Crippen molar-refractivity contribution >= 4 is 31.6 Å².